The van der Waals surface area contributed by atoms with Crippen LogP contribution in [-0.4, -0.2) is 77.5 Å². The highest BCUT2D eigenvalue weighted by Crippen LogP contribution is 2.18. The van der Waals surface area contributed by atoms with Gasteiger partial charge < -0.3 is 14.3 Å². The van der Waals surface area contributed by atoms with Crippen LogP contribution >= 0.6 is 0 Å². The van der Waals surface area contributed by atoms with E-state index < -0.39 is 0 Å². The lowest BCUT2D eigenvalue weighted by Crippen LogP contribution is -2.64. The fraction of sp³-hybridized carbons (Fsp3) is 0.643. The third-order valence-corrected chi connectivity index (χ3v) is 4.29. The molecular formula is C14H20N4O3. The SMILES string of the molecule is CCc1cc(C(=O)N2CCN3CCN(C)C(=O)[C@@H]3C2)no1. The molecule has 2 fully saturated rings. The smallest absolute Gasteiger partial charge is 0.276 e. The molecule has 2 saturated heterocycles. The number of amides is 2. The van der Waals surface area contributed by atoms with E-state index in [4.69, 9.17) is 4.52 Å². The number of carbonyl (C=O) groups excluding carboxylic acids is 2. The van der Waals surface area contributed by atoms with E-state index in [-0.39, 0.29) is 17.9 Å². The van der Waals surface area contributed by atoms with E-state index >= 15 is 0 Å². The molecule has 0 aromatic carbocycles. The molecule has 3 rings (SSSR count). The molecule has 0 N–H and O–H groups in total. The molecule has 0 saturated carbocycles. The van der Waals surface area contributed by atoms with Crippen molar-refractivity contribution >= 4 is 11.8 Å². The second-order valence-electron chi connectivity index (χ2n) is 5.59. The van der Waals surface area contributed by atoms with Gasteiger partial charge in [-0.05, 0) is 0 Å². The predicted molar refractivity (Wildman–Crippen MR) is 74.8 cm³/mol. The summed E-state index contributed by atoms with van der Waals surface area (Å²) in [5.41, 5.74) is 0.330. The molecule has 1 aromatic heterocycles. The summed E-state index contributed by atoms with van der Waals surface area (Å²) in [6, 6.07) is 1.46. The number of piperazine rings is 2. The molecule has 0 bridgehead atoms. The number of aromatic nitrogens is 1. The van der Waals surface area contributed by atoms with E-state index in [0.717, 1.165) is 19.6 Å². The van der Waals surface area contributed by atoms with Gasteiger partial charge in [-0.15, -0.1) is 0 Å². The zero-order chi connectivity index (χ0) is 15.0. The van der Waals surface area contributed by atoms with Crippen LogP contribution < -0.4 is 0 Å². The Bertz CT molecular complexity index is 556. The monoisotopic (exact) mass is 292 g/mol. The Hall–Kier alpha value is -1.89. The molecule has 2 aliphatic heterocycles. The number of fused-ring (bicyclic) bond motifs is 1. The number of rotatable bonds is 2. The predicted octanol–water partition coefficient (Wildman–Crippen LogP) is -0.165. The molecule has 2 aliphatic rings. The summed E-state index contributed by atoms with van der Waals surface area (Å²) < 4.78 is 5.09. The van der Waals surface area contributed by atoms with E-state index in [1.165, 1.54) is 0 Å². The Morgan fingerprint density at radius 1 is 1.38 bits per heavy atom. The highest BCUT2D eigenvalue weighted by atomic mass is 16.5. The van der Waals surface area contributed by atoms with Crippen LogP contribution in [-0.2, 0) is 11.2 Å². The Kier molecular flexibility index (Phi) is 3.67. The fourth-order valence-corrected chi connectivity index (χ4v) is 2.89. The van der Waals surface area contributed by atoms with E-state index in [2.05, 4.69) is 10.1 Å². The van der Waals surface area contributed by atoms with E-state index in [9.17, 15) is 9.59 Å². The maximum Gasteiger partial charge on any atom is 0.276 e. The minimum Gasteiger partial charge on any atom is -0.361 e. The van der Waals surface area contributed by atoms with Crippen molar-refractivity contribution in [3.8, 4) is 0 Å². The van der Waals surface area contributed by atoms with Crippen molar-refractivity contribution < 1.29 is 14.1 Å². The molecular weight excluding hydrogens is 272 g/mol. The Morgan fingerprint density at radius 2 is 2.14 bits per heavy atom. The van der Waals surface area contributed by atoms with Gasteiger partial charge in [0.1, 0.15) is 11.8 Å². The van der Waals surface area contributed by atoms with Crippen molar-refractivity contribution in [3.05, 3.63) is 17.5 Å². The fourth-order valence-electron chi connectivity index (χ4n) is 2.89. The lowest BCUT2D eigenvalue weighted by Gasteiger charge is -2.45. The van der Waals surface area contributed by atoms with Gasteiger partial charge in [0.15, 0.2) is 5.69 Å². The highest BCUT2D eigenvalue weighted by molar-refractivity contribution is 5.93. The molecule has 7 nitrogen and oxygen atoms in total. The summed E-state index contributed by atoms with van der Waals surface area (Å²) in [6.45, 7) is 5.36. The molecule has 0 unspecified atom stereocenters. The number of hydrogen-bond acceptors (Lipinski definition) is 5. The molecule has 0 spiro atoms. The van der Waals surface area contributed by atoms with Gasteiger partial charge in [-0.3, -0.25) is 14.5 Å². The summed E-state index contributed by atoms with van der Waals surface area (Å²) in [7, 11) is 1.81. The highest BCUT2D eigenvalue weighted by Gasteiger charge is 2.39. The topological polar surface area (TPSA) is 69.9 Å². The number of hydrogen-bond donors (Lipinski definition) is 0. The first-order chi connectivity index (χ1) is 10.1. The first kappa shape index (κ1) is 14.1. The van der Waals surface area contributed by atoms with E-state index in [1.807, 2.05) is 14.0 Å². The van der Waals surface area contributed by atoms with Crippen LogP contribution in [0.5, 0.6) is 0 Å². The van der Waals surface area contributed by atoms with Crippen LogP contribution in [0.4, 0.5) is 0 Å². The first-order valence-electron chi connectivity index (χ1n) is 7.34. The molecule has 2 amide bonds. The zero-order valence-electron chi connectivity index (χ0n) is 12.4. The average Bonchev–Trinajstić information content (AvgIpc) is 2.99. The van der Waals surface area contributed by atoms with Gasteiger partial charge in [-0.1, -0.05) is 12.1 Å². The van der Waals surface area contributed by atoms with E-state index in [0.29, 0.717) is 31.0 Å². The Labute approximate surface area is 123 Å². The number of likely N-dealkylation sites (N-methyl/N-ethyl adjacent to an activating group) is 1. The number of carbonyl (C=O) groups is 2. The maximum atomic E-state index is 12.5. The summed E-state index contributed by atoms with van der Waals surface area (Å²) in [4.78, 5) is 30.3. The van der Waals surface area contributed by atoms with Crippen molar-refractivity contribution in [2.45, 2.75) is 19.4 Å². The Balaban J connectivity index is 1.72. The molecule has 114 valence electrons. The molecule has 0 radical (unpaired) electrons. The van der Waals surface area contributed by atoms with Gasteiger partial charge >= 0.3 is 0 Å². The second-order valence-corrected chi connectivity index (χ2v) is 5.59. The average molecular weight is 292 g/mol. The zero-order valence-corrected chi connectivity index (χ0v) is 12.4. The van der Waals surface area contributed by atoms with Crippen LogP contribution in [0.3, 0.4) is 0 Å². The molecule has 3 heterocycles. The van der Waals surface area contributed by atoms with E-state index in [1.54, 1.807) is 15.9 Å². The second kappa shape index (κ2) is 5.48. The molecule has 7 heteroatoms. The van der Waals surface area contributed by atoms with Gasteiger partial charge in [0.2, 0.25) is 5.91 Å². The Morgan fingerprint density at radius 3 is 2.86 bits per heavy atom. The van der Waals surface area contributed by atoms with Crippen molar-refractivity contribution in [1.82, 2.24) is 19.9 Å². The standard InChI is InChI=1S/C14H20N4O3/c1-3-10-8-11(15-21-10)13(19)18-7-6-17-5-4-16(2)14(20)12(17)9-18/h8,12H,3-7,9H2,1-2H3/t12-/m0/s1. The van der Waals surface area contributed by atoms with Crippen molar-refractivity contribution in [3.63, 3.8) is 0 Å². The lowest BCUT2D eigenvalue weighted by atomic mass is 10.1. The van der Waals surface area contributed by atoms with Crippen molar-refractivity contribution in [2.24, 2.45) is 0 Å². The van der Waals surface area contributed by atoms with Crippen LogP contribution in [0.2, 0.25) is 0 Å². The minimum atomic E-state index is -0.223. The summed E-state index contributed by atoms with van der Waals surface area (Å²) in [5.74, 6) is 0.637. The van der Waals surface area contributed by atoms with Gasteiger partial charge in [0, 0.05) is 52.3 Å². The van der Waals surface area contributed by atoms with Gasteiger partial charge in [-0.25, -0.2) is 0 Å². The largest absolute Gasteiger partial charge is 0.361 e. The van der Waals surface area contributed by atoms with Gasteiger partial charge in [-0.2, -0.15) is 0 Å². The normalized spacial score (nSPS) is 23.3. The van der Waals surface area contributed by atoms with Gasteiger partial charge in [0.05, 0.1) is 0 Å². The minimum absolute atomic E-state index is 0.0909. The number of aryl methyl sites for hydroxylation is 1. The number of nitrogens with zero attached hydrogens (tertiary/aromatic N) is 4. The van der Waals surface area contributed by atoms with Crippen LogP contribution in [0.1, 0.15) is 23.2 Å². The molecule has 0 aliphatic carbocycles. The van der Waals surface area contributed by atoms with Crippen molar-refractivity contribution in [1.29, 1.82) is 0 Å². The summed E-state index contributed by atoms with van der Waals surface area (Å²) in [6.07, 6.45) is 0.708. The van der Waals surface area contributed by atoms with Crippen LogP contribution in [0.25, 0.3) is 0 Å². The summed E-state index contributed by atoms with van der Waals surface area (Å²) >= 11 is 0. The first-order valence-corrected chi connectivity index (χ1v) is 7.34. The quantitative estimate of drug-likeness (QED) is 0.757. The molecule has 1 atom stereocenters. The molecule has 21 heavy (non-hydrogen) atoms. The third-order valence-electron chi connectivity index (χ3n) is 4.29. The summed E-state index contributed by atoms with van der Waals surface area (Å²) in [5, 5.41) is 3.82. The molecule has 1 aromatic rings. The maximum absolute atomic E-state index is 12.5. The lowest BCUT2D eigenvalue weighted by molar-refractivity contribution is -0.142. The van der Waals surface area contributed by atoms with Crippen LogP contribution in [0, 0.1) is 0 Å². The third kappa shape index (κ3) is 2.53. The van der Waals surface area contributed by atoms with Crippen molar-refractivity contribution in [2.75, 3.05) is 39.8 Å². The van der Waals surface area contributed by atoms with Gasteiger partial charge in [0.25, 0.3) is 5.91 Å². The van der Waals surface area contributed by atoms with Crippen LogP contribution in [0.15, 0.2) is 10.6 Å².